The van der Waals surface area contributed by atoms with Gasteiger partial charge in [0.2, 0.25) is 0 Å². The monoisotopic (exact) mass is 424 g/mol. The molecular weight excluding hydrogens is 399 g/mol. The van der Waals surface area contributed by atoms with Gasteiger partial charge in [-0.2, -0.15) is 5.10 Å². The van der Waals surface area contributed by atoms with Crippen molar-refractivity contribution in [1.82, 2.24) is 30.0 Å². The summed E-state index contributed by atoms with van der Waals surface area (Å²) in [6.07, 6.45) is 2.91. The van der Waals surface area contributed by atoms with Crippen LogP contribution < -0.4 is 5.32 Å². The SMILES string of the molecule is Cc1cc(CC(C)NC(=O)c2cn3c(n2)CCN(C(=O)c2ccc(F)cc2)CC3)n[nH]1. The molecule has 0 radical (unpaired) electrons. The highest BCUT2D eigenvalue weighted by molar-refractivity contribution is 5.94. The molecule has 0 fully saturated rings. The third-order valence-corrected chi connectivity index (χ3v) is 5.34. The van der Waals surface area contributed by atoms with E-state index in [2.05, 4.69) is 20.5 Å². The fourth-order valence-corrected chi connectivity index (χ4v) is 3.75. The van der Waals surface area contributed by atoms with Crippen LogP contribution in [0.5, 0.6) is 0 Å². The van der Waals surface area contributed by atoms with Gasteiger partial charge in [-0.3, -0.25) is 14.7 Å². The summed E-state index contributed by atoms with van der Waals surface area (Å²) in [7, 11) is 0. The highest BCUT2D eigenvalue weighted by Crippen LogP contribution is 2.14. The van der Waals surface area contributed by atoms with Gasteiger partial charge in [0.25, 0.3) is 11.8 Å². The first kappa shape index (κ1) is 20.8. The molecule has 1 aliphatic heterocycles. The quantitative estimate of drug-likeness (QED) is 0.656. The van der Waals surface area contributed by atoms with E-state index >= 15 is 0 Å². The van der Waals surface area contributed by atoms with E-state index in [1.54, 1.807) is 11.1 Å². The van der Waals surface area contributed by atoms with Gasteiger partial charge in [0.15, 0.2) is 0 Å². The number of aryl methyl sites for hydroxylation is 1. The minimum absolute atomic E-state index is 0.0828. The molecule has 1 aromatic carbocycles. The number of nitrogens with one attached hydrogen (secondary N) is 2. The number of amides is 2. The van der Waals surface area contributed by atoms with E-state index < -0.39 is 0 Å². The van der Waals surface area contributed by atoms with Gasteiger partial charge < -0.3 is 14.8 Å². The molecule has 31 heavy (non-hydrogen) atoms. The number of carbonyl (C=O) groups excluding carboxylic acids is 2. The molecule has 8 nitrogen and oxygen atoms in total. The Labute approximate surface area is 179 Å². The third-order valence-electron chi connectivity index (χ3n) is 5.34. The smallest absolute Gasteiger partial charge is 0.271 e. The molecule has 1 atom stereocenters. The van der Waals surface area contributed by atoms with Gasteiger partial charge in [-0.15, -0.1) is 0 Å². The lowest BCUT2D eigenvalue weighted by molar-refractivity contribution is 0.0758. The number of fused-ring (bicyclic) bond motifs is 1. The highest BCUT2D eigenvalue weighted by atomic mass is 19.1. The van der Waals surface area contributed by atoms with Gasteiger partial charge in [0.1, 0.15) is 17.3 Å². The summed E-state index contributed by atoms with van der Waals surface area (Å²) < 4.78 is 15.0. The zero-order valence-electron chi connectivity index (χ0n) is 17.6. The molecule has 0 saturated carbocycles. The van der Waals surface area contributed by atoms with Gasteiger partial charge in [-0.1, -0.05) is 0 Å². The van der Waals surface area contributed by atoms with Crippen LogP contribution in [0.3, 0.4) is 0 Å². The normalized spacial score (nSPS) is 14.6. The number of hydrogen-bond acceptors (Lipinski definition) is 4. The van der Waals surface area contributed by atoms with Crippen LogP contribution in [-0.2, 0) is 19.4 Å². The van der Waals surface area contributed by atoms with Crippen LogP contribution in [0.25, 0.3) is 0 Å². The van der Waals surface area contributed by atoms with Crippen molar-refractivity contribution in [2.45, 2.75) is 39.3 Å². The Kier molecular flexibility index (Phi) is 5.83. The molecule has 3 aromatic rings. The molecule has 2 amide bonds. The van der Waals surface area contributed by atoms with Gasteiger partial charge in [-0.05, 0) is 44.2 Å². The number of halogens is 1. The second kappa shape index (κ2) is 8.71. The highest BCUT2D eigenvalue weighted by Gasteiger charge is 2.23. The van der Waals surface area contributed by atoms with E-state index in [0.717, 1.165) is 17.2 Å². The molecule has 2 aromatic heterocycles. The van der Waals surface area contributed by atoms with Crippen LogP contribution in [0.15, 0.2) is 36.5 Å². The minimum atomic E-state index is -0.368. The van der Waals surface area contributed by atoms with Crippen molar-refractivity contribution in [3.8, 4) is 0 Å². The summed E-state index contributed by atoms with van der Waals surface area (Å²) in [6, 6.07) is 7.44. The number of nitrogens with zero attached hydrogens (tertiary/aromatic N) is 4. The largest absolute Gasteiger partial charge is 0.348 e. The predicted octanol–water partition coefficient (Wildman–Crippen LogP) is 2.11. The Balaban J connectivity index is 1.36. The second-order valence-corrected chi connectivity index (χ2v) is 7.91. The molecule has 2 N–H and O–H groups in total. The lowest BCUT2D eigenvalue weighted by atomic mass is 10.1. The maximum atomic E-state index is 13.1. The molecule has 0 bridgehead atoms. The number of benzene rings is 1. The van der Waals surface area contributed by atoms with Crippen molar-refractivity contribution < 1.29 is 14.0 Å². The molecule has 3 heterocycles. The minimum Gasteiger partial charge on any atom is -0.348 e. The maximum Gasteiger partial charge on any atom is 0.271 e. The first-order valence-electron chi connectivity index (χ1n) is 10.3. The van der Waals surface area contributed by atoms with Crippen LogP contribution >= 0.6 is 0 Å². The van der Waals surface area contributed by atoms with Crippen molar-refractivity contribution in [3.63, 3.8) is 0 Å². The molecule has 9 heteroatoms. The summed E-state index contributed by atoms with van der Waals surface area (Å²) in [6.45, 7) is 5.40. The average molecular weight is 424 g/mol. The number of rotatable bonds is 5. The predicted molar refractivity (Wildman–Crippen MR) is 112 cm³/mol. The van der Waals surface area contributed by atoms with Crippen LogP contribution in [0, 0.1) is 12.7 Å². The van der Waals surface area contributed by atoms with Gasteiger partial charge in [0.05, 0.1) is 5.69 Å². The summed E-state index contributed by atoms with van der Waals surface area (Å²) in [5.41, 5.74) is 2.72. The Morgan fingerprint density at radius 3 is 2.71 bits per heavy atom. The van der Waals surface area contributed by atoms with E-state index in [9.17, 15) is 14.0 Å². The summed E-state index contributed by atoms with van der Waals surface area (Å²) >= 11 is 0. The summed E-state index contributed by atoms with van der Waals surface area (Å²) in [4.78, 5) is 31.5. The van der Waals surface area contributed by atoms with Crippen LogP contribution in [0.1, 0.15) is 45.0 Å². The van der Waals surface area contributed by atoms with E-state index in [1.807, 2.05) is 24.5 Å². The number of aromatic amines is 1. The van der Waals surface area contributed by atoms with Crippen LogP contribution in [0.2, 0.25) is 0 Å². The van der Waals surface area contributed by atoms with Gasteiger partial charge >= 0.3 is 0 Å². The Morgan fingerprint density at radius 2 is 2.00 bits per heavy atom. The van der Waals surface area contributed by atoms with E-state index in [0.29, 0.717) is 43.7 Å². The molecule has 1 aliphatic rings. The molecule has 0 saturated heterocycles. The lowest BCUT2D eigenvalue weighted by Gasteiger charge is -2.20. The third kappa shape index (κ3) is 4.82. The van der Waals surface area contributed by atoms with Crippen molar-refractivity contribution in [3.05, 3.63) is 70.8 Å². The molecule has 4 rings (SSSR count). The van der Waals surface area contributed by atoms with Crippen LogP contribution in [0.4, 0.5) is 4.39 Å². The van der Waals surface area contributed by atoms with Crippen molar-refractivity contribution in [2.75, 3.05) is 13.1 Å². The number of carbonyl (C=O) groups is 2. The number of imidazole rings is 1. The van der Waals surface area contributed by atoms with Crippen molar-refractivity contribution >= 4 is 11.8 Å². The second-order valence-electron chi connectivity index (χ2n) is 7.91. The topological polar surface area (TPSA) is 95.9 Å². The van der Waals surface area contributed by atoms with Crippen LogP contribution in [-0.4, -0.2) is 55.6 Å². The van der Waals surface area contributed by atoms with E-state index in [1.165, 1.54) is 24.3 Å². The molecule has 0 spiro atoms. The average Bonchev–Trinajstić information content (AvgIpc) is 3.28. The van der Waals surface area contributed by atoms with Crippen molar-refractivity contribution in [1.29, 1.82) is 0 Å². The number of hydrogen-bond donors (Lipinski definition) is 2. The Hall–Kier alpha value is -3.49. The molecule has 0 aliphatic carbocycles. The van der Waals surface area contributed by atoms with Crippen molar-refractivity contribution in [2.24, 2.45) is 0 Å². The lowest BCUT2D eigenvalue weighted by Crippen LogP contribution is -2.35. The van der Waals surface area contributed by atoms with Gasteiger partial charge in [0, 0.05) is 56.0 Å². The van der Waals surface area contributed by atoms with Gasteiger partial charge in [-0.25, -0.2) is 9.37 Å². The summed E-state index contributed by atoms with van der Waals surface area (Å²) in [5, 5.41) is 10.1. The zero-order chi connectivity index (χ0) is 22.0. The summed E-state index contributed by atoms with van der Waals surface area (Å²) in [5.74, 6) is 0.0491. The number of H-pyrrole nitrogens is 1. The first-order chi connectivity index (χ1) is 14.9. The zero-order valence-corrected chi connectivity index (χ0v) is 17.6. The Bertz CT molecular complexity index is 1060. The maximum absolute atomic E-state index is 13.1. The fourth-order valence-electron chi connectivity index (χ4n) is 3.75. The molecule has 162 valence electrons. The Morgan fingerprint density at radius 1 is 1.23 bits per heavy atom. The molecule has 1 unspecified atom stereocenters. The molecular formula is C22H25FN6O2. The fraction of sp³-hybridized carbons (Fsp3) is 0.364. The van der Waals surface area contributed by atoms with E-state index in [4.69, 9.17) is 0 Å². The standard InChI is InChI=1S/C22H25FN6O2/c1-14(11-18-12-15(2)26-27-18)24-21(30)19-13-29-10-9-28(8-7-20(29)25-19)22(31)16-3-5-17(23)6-4-16/h3-6,12-14H,7-11H2,1-2H3,(H,24,30)(H,26,27). The van der Waals surface area contributed by atoms with E-state index in [-0.39, 0.29) is 23.7 Å². The number of aromatic nitrogens is 4. The first-order valence-corrected chi connectivity index (χ1v) is 10.3.